The van der Waals surface area contributed by atoms with Crippen molar-refractivity contribution in [3.8, 4) is 11.1 Å². The van der Waals surface area contributed by atoms with Crippen molar-refractivity contribution in [2.24, 2.45) is 0 Å². The smallest absolute Gasteiger partial charge is 0.236 e. The van der Waals surface area contributed by atoms with E-state index in [2.05, 4.69) is 47.2 Å². The van der Waals surface area contributed by atoms with Gasteiger partial charge in [0, 0.05) is 36.2 Å². The highest BCUT2D eigenvalue weighted by Gasteiger charge is 2.27. The predicted octanol–water partition coefficient (Wildman–Crippen LogP) is 3.41. The van der Waals surface area contributed by atoms with Crippen LogP contribution in [0.4, 0.5) is 0 Å². The summed E-state index contributed by atoms with van der Waals surface area (Å²) in [6.07, 6.45) is 6.47. The van der Waals surface area contributed by atoms with Crippen LogP contribution in [0.2, 0.25) is 0 Å². The van der Waals surface area contributed by atoms with E-state index in [1.807, 2.05) is 34.6 Å². The van der Waals surface area contributed by atoms with E-state index in [0.717, 1.165) is 60.3 Å². The molecule has 4 aromatic rings. The zero-order valence-corrected chi connectivity index (χ0v) is 19.8. The normalized spacial score (nSPS) is 15.2. The Hall–Kier alpha value is -3.26. The first kappa shape index (κ1) is 21.6. The molecule has 0 saturated carbocycles. The molecule has 1 amide bonds. The second-order valence-electron chi connectivity index (χ2n) is 9.35. The van der Waals surface area contributed by atoms with Gasteiger partial charge in [-0.15, -0.1) is 0 Å². The van der Waals surface area contributed by atoms with Crippen molar-refractivity contribution in [2.45, 2.75) is 39.0 Å². The molecule has 0 unspecified atom stereocenters. The fraction of sp³-hybridized carbons (Fsp3) is 0.440. The van der Waals surface area contributed by atoms with E-state index >= 15 is 0 Å². The van der Waals surface area contributed by atoms with Crippen LogP contribution >= 0.6 is 0 Å². The van der Waals surface area contributed by atoms with Crippen molar-refractivity contribution in [3.63, 3.8) is 0 Å². The largest absolute Gasteiger partial charge is 0.342 e. The van der Waals surface area contributed by atoms with Crippen molar-refractivity contribution in [1.29, 1.82) is 0 Å². The average Bonchev–Trinajstić information content (AvgIpc) is 3.44. The molecule has 5 rings (SSSR count). The van der Waals surface area contributed by atoms with E-state index in [1.165, 1.54) is 16.5 Å². The zero-order chi connectivity index (χ0) is 23.1. The molecule has 0 spiro atoms. The van der Waals surface area contributed by atoms with Crippen molar-refractivity contribution in [3.05, 3.63) is 47.5 Å². The molecule has 33 heavy (non-hydrogen) atoms. The Morgan fingerprint density at radius 3 is 2.73 bits per heavy atom. The number of aromatic amines is 1. The summed E-state index contributed by atoms with van der Waals surface area (Å²) in [7, 11) is 3.87. The SMILES string of the molecule is CCc1cc2c(C3CCN(C(=O)CN(C)C)CC3)n[nH]c2cc1-c1cc(C)c2ncnn2c1. The summed E-state index contributed by atoms with van der Waals surface area (Å²) >= 11 is 0. The molecule has 1 aromatic carbocycles. The molecule has 1 fully saturated rings. The quantitative estimate of drug-likeness (QED) is 0.509. The molecule has 0 atom stereocenters. The summed E-state index contributed by atoms with van der Waals surface area (Å²) in [5.41, 5.74) is 7.80. The van der Waals surface area contributed by atoms with Gasteiger partial charge < -0.3 is 9.80 Å². The predicted molar refractivity (Wildman–Crippen MR) is 129 cm³/mol. The van der Waals surface area contributed by atoms with E-state index in [0.29, 0.717) is 12.5 Å². The molecule has 1 N–H and O–H groups in total. The molecule has 1 saturated heterocycles. The second kappa shape index (κ2) is 8.59. The number of carbonyl (C=O) groups is 1. The molecule has 4 heterocycles. The third kappa shape index (κ3) is 3.99. The summed E-state index contributed by atoms with van der Waals surface area (Å²) in [6.45, 7) is 6.32. The van der Waals surface area contributed by atoms with E-state index in [-0.39, 0.29) is 5.91 Å². The number of aryl methyl sites for hydroxylation is 2. The highest BCUT2D eigenvalue weighted by Crippen LogP contribution is 2.35. The molecule has 8 nitrogen and oxygen atoms in total. The molecule has 1 aliphatic rings. The summed E-state index contributed by atoms with van der Waals surface area (Å²) in [6, 6.07) is 6.70. The number of nitrogens with one attached hydrogen (secondary N) is 1. The Balaban J connectivity index is 1.44. The Morgan fingerprint density at radius 2 is 2.00 bits per heavy atom. The van der Waals surface area contributed by atoms with Gasteiger partial charge in [-0.05, 0) is 75.2 Å². The highest BCUT2D eigenvalue weighted by atomic mass is 16.2. The molecule has 0 aliphatic carbocycles. The Kier molecular flexibility index (Phi) is 5.62. The number of likely N-dealkylation sites (tertiary alicyclic amines) is 1. The summed E-state index contributed by atoms with van der Waals surface area (Å²) < 4.78 is 1.85. The van der Waals surface area contributed by atoms with Crippen molar-refractivity contribution in [2.75, 3.05) is 33.7 Å². The van der Waals surface area contributed by atoms with Crippen LogP contribution in [-0.2, 0) is 11.2 Å². The summed E-state index contributed by atoms with van der Waals surface area (Å²) in [5.74, 6) is 0.578. The number of rotatable bonds is 5. The van der Waals surface area contributed by atoms with Gasteiger partial charge in [-0.3, -0.25) is 9.89 Å². The zero-order valence-electron chi connectivity index (χ0n) is 19.8. The number of piperidine rings is 1. The van der Waals surface area contributed by atoms with Crippen molar-refractivity contribution < 1.29 is 4.79 Å². The van der Waals surface area contributed by atoms with E-state index in [4.69, 9.17) is 5.10 Å². The third-order valence-electron chi connectivity index (χ3n) is 6.75. The van der Waals surface area contributed by atoms with Gasteiger partial charge in [0.2, 0.25) is 5.91 Å². The molecular weight excluding hydrogens is 414 g/mol. The van der Waals surface area contributed by atoms with Crippen LogP contribution in [0.5, 0.6) is 0 Å². The Labute approximate surface area is 193 Å². The Morgan fingerprint density at radius 1 is 1.21 bits per heavy atom. The van der Waals surface area contributed by atoms with Gasteiger partial charge in [-0.2, -0.15) is 10.2 Å². The lowest BCUT2D eigenvalue weighted by atomic mass is 9.89. The maximum Gasteiger partial charge on any atom is 0.236 e. The van der Waals surface area contributed by atoms with Crippen LogP contribution in [0.25, 0.3) is 27.7 Å². The van der Waals surface area contributed by atoms with E-state index < -0.39 is 0 Å². The number of carbonyl (C=O) groups excluding carboxylic acids is 1. The van der Waals surface area contributed by atoms with Crippen molar-refractivity contribution in [1.82, 2.24) is 34.6 Å². The number of hydrogen-bond donors (Lipinski definition) is 1. The number of fused-ring (bicyclic) bond motifs is 2. The van der Waals surface area contributed by atoms with Crippen LogP contribution in [0.1, 0.15) is 42.5 Å². The minimum Gasteiger partial charge on any atom is -0.342 e. The third-order valence-corrected chi connectivity index (χ3v) is 6.75. The van der Waals surface area contributed by atoms with Gasteiger partial charge in [-0.25, -0.2) is 9.50 Å². The van der Waals surface area contributed by atoms with Gasteiger partial charge in [0.25, 0.3) is 0 Å². The van der Waals surface area contributed by atoms with Gasteiger partial charge in [-0.1, -0.05) is 6.92 Å². The molecular formula is C25H31N7O. The number of amides is 1. The van der Waals surface area contributed by atoms with E-state index in [9.17, 15) is 4.79 Å². The number of hydrogen-bond acceptors (Lipinski definition) is 5. The maximum absolute atomic E-state index is 12.4. The summed E-state index contributed by atoms with van der Waals surface area (Å²) in [4.78, 5) is 20.7. The maximum atomic E-state index is 12.4. The fourth-order valence-corrected chi connectivity index (χ4v) is 5.02. The average molecular weight is 446 g/mol. The lowest BCUT2D eigenvalue weighted by molar-refractivity contribution is -0.132. The van der Waals surface area contributed by atoms with Gasteiger partial charge >= 0.3 is 0 Å². The standard InChI is InChI=1S/C25H31N7O/c1-5-17-11-21-22(12-20(17)19-10-16(2)25-26-15-27-32(25)13-19)28-29-24(21)18-6-8-31(9-7-18)23(33)14-30(3)4/h10-13,15,18H,5-9,14H2,1-4H3,(H,28,29). The van der Waals surface area contributed by atoms with Crippen LogP contribution in [-0.4, -0.2) is 74.2 Å². The van der Waals surface area contributed by atoms with Crippen LogP contribution in [0.15, 0.2) is 30.7 Å². The van der Waals surface area contributed by atoms with E-state index in [1.54, 1.807) is 6.33 Å². The lowest BCUT2D eigenvalue weighted by Gasteiger charge is -2.32. The number of likely N-dealkylation sites (N-methyl/N-ethyl adjacent to an activating group) is 1. The highest BCUT2D eigenvalue weighted by molar-refractivity contribution is 5.89. The number of aromatic nitrogens is 5. The minimum atomic E-state index is 0.211. The van der Waals surface area contributed by atoms with Crippen LogP contribution < -0.4 is 0 Å². The van der Waals surface area contributed by atoms with Crippen LogP contribution in [0, 0.1) is 6.92 Å². The second-order valence-corrected chi connectivity index (χ2v) is 9.35. The monoisotopic (exact) mass is 445 g/mol. The number of pyridine rings is 1. The first-order chi connectivity index (χ1) is 15.9. The number of H-pyrrole nitrogens is 1. The molecule has 0 bridgehead atoms. The first-order valence-electron chi connectivity index (χ1n) is 11.7. The molecule has 172 valence electrons. The topological polar surface area (TPSA) is 82.4 Å². The van der Waals surface area contributed by atoms with Crippen LogP contribution in [0.3, 0.4) is 0 Å². The minimum absolute atomic E-state index is 0.211. The fourth-order valence-electron chi connectivity index (χ4n) is 5.02. The number of benzene rings is 1. The molecule has 3 aromatic heterocycles. The Bertz CT molecular complexity index is 1310. The molecule has 0 radical (unpaired) electrons. The van der Waals surface area contributed by atoms with Crippen molar-refractivity contribution >= 4 is 22.5 Å². The van der Waals surface area contributed by atoms with Gasteiger partial charge in [0.1, 0.15) is 6.33 Å². The van der Waals surface area contributed by atoms with Gasteiger partial charge in [0.05, 0.1) is 17.8 Å². The molecule has 8 heteroatoms. The summed E-state index contributed by atoms with van der Waals surface area (Å²) in [5, 5.41) is 13.6. The number of nitrogens with zero attached hydrogens (tertiary/aromatic N) is 6. The molecule has 1 aliphatic heterocycles. The van der Waals surface area contributed by atoms with Gasteiger partial charge in [0.15, 0.2) is 5.65 Å². The first-order valence-corrected chi connectivity index (χ1v) is 11.7. The lowest BCUT2D eigenvalue weighted by Crippen LogP contribution is -2.42.